The summed E-state index contributed by atoms with van der Waals surface area (Å²) in [4.78, 5) is 13.0. The summed E-state index contributed by atoms with van der Waals surface area (Å²) in [6, 6.07) is 6.49. The van der Waals surface area contributed by atoms with Crippen LogP contribution >= 0.6 is 0 Å². The zero-order valence-electron chi connectivity index (χ0n) is 12.2. The highest BCUT2D eigenvalue weighted by molar-refractivity contribution is 5.71. The van der Waals surface area contributed by atoms with Crippen molar-refractivity contribution in [2.45, 2.75) is 12.8 Å². The van der Waals surface area contributed by atoms with E-state index < -0.39 is 23.5 Å². The average molecular weight is 319 g/mol. The molecule has 2 heterocycles. The molecule has 1 N–H and O–H groups in total. The summed E-state index contributed by atoms with van der Waals surface area (Å²) in [6.45, 7) is 1.10. The fourth-order valence-corrected chi connectivity index (χ4v) is 2.74. The topological polar surface area (TPSA) is 66.3 Å². The smallest absolute Gasteiger partial charge is 0.308 e. The first-order chi connectivity index (χ1) is 11.0. The lowest BCUT2D eigenvalue weighted by atomic mass is 9.98. The Hall–Kier alpha value is -2.57. The molecule has 120 valence electrons. The van der Waals surface area contributed by atoms with E-state index in [1.807, 2.05) is 4.90 Å². The average Bonchev–Trinajstić information content (AvgIpc) is 2.54. The van der Waals surface area contributed by atoms with Gasteiger partial charge >= 0.3 is 5.97 Å². The molecule has 2 aromatic rings. The Bertz CT molecular complexity index is 702. The molecular formula is C16H15F2N3O2. The molecule has 0 spiro atoms. The number of piperidine rings is 1. The van der Waals surface area contributed by atoms with Gasteiger partial charge in [0.1, 0.15) is 11.6 Å². The van der Waals surface area contributed by atoms with Gasteiger partial charge in [0.25, 0.3) is 0 Å². The third kappa shape index (κ3) is 3.44. The molecule has 3 rings (SSSR count). The molecule has 1 fully saturated rings. The van der Waals surface area contributed by atoms with E-state index in [4.69, 9.17) is 5.11 Å². The lowest BCUT2D eigenvalue weighted by molar-refractivity contribution is -0.141. The maximum atomic E-state index is 13.3. The van der Waals surface area contributed by atoms with Crippen molar-refractivity contribution in [1.82, 2.24) is 10.2 Å². The molecule has 0 amide bonds. The van der Waals surface area contributed by atoms with Crippen molar-refractivity contribution >= 4 is 11.8 Å². The second-order valence-corrected chi connectivity index (χ2v) is 5.56. The maximum absolute atomic E-state index is 13.3. The van der Waals surface area contributed by atoms with E-state index in [1.165, 1.54) is 12.1 Å². The van der Waals surface area contributed by atoms with Gasteiger partial charge in [-0.15, -0.1) is 10.2 Å². The van der Waals surface area contributed by atoms with Crippen molar-refractivity contribution in [1.29, 1.82) is 0 Å². The molecule has 0 saturated carbocycles. The van der Waals surface area contributed by atoms with Gasteiger partial charge < -0.3 is 10.0 Å². The molecule has 0 bridgehead atoms. The SMILES string of the molecule is O=C(O)C1CCCN(c2ccc(-c3cc(F)cc(F)c3)nn2)C1. The van der Waals surface area contributed by atoms with Gasteiger partial charge in [-0.05, 0) is 37.1 Å². The van der Waals surface area contributed by atoms with Crippen LogP contribution in [0.2, 0.25) is 0 Å². The highest BCUT2D eigenvalue weighted by Gasteiger charge is 2.26. The first-order valence-corrected chi connectivity index (χ1v) is 7.31. The Labute approximate surface area is 131 Å². The van der Waals surface area contributed by atoms with Crippen LogP contribution in [-0.4, -0.2) is 34.4 Å². The minimum Gasteiger partial charge on any atom is -0.481 e. The number of carboxylic acid groups (broad SMARTS) is 1. The van der Waals surface area contributed by atoms with Crippen molar-refractivity contribution in [2.75, 3.05) is 18.0 Å². The quantitative estimate of drug-likeness (QED) is 0.942. The number of anilines is 1. The molecule has 0 aliphatic carbocycles. The molecule has 23 heavy (non-hydrogen) atoms. The minimum atomic E-state index is -0.811. The molecule has 1 unspecified atom stereocenters. The summed E-state index contributed by atoms with van der Waals surface area (Å²) in [7, 11) is 0. The second kappa shape index (κ2) is 6.28. The van der Waals surface area contributed by atoms with Crippen LogP contribution in [0.5, 0.6) is 0 Å². The Kier molecular flexibility index (Phi) is 4.18. The number of carboxylic acids is 1. The van der Waals surface area contributed by atoms with Crippen molar-refractivity contribution in [3.63, 3.8) is 0 Å². The number of carbonyl (C=O) groups is 1. The molecule has 1 aromatic heterocycles. The molecular weight excluding hydrogens is 304 g/mol. The molecule has 1 aromatic carbocycles. The number of rotatable bonds is 3. The zero-order chi connectivity index (χ0) is 16.4. The van der Waals surface area contributed by atoms with Gasteiger partial charge in [0.05, 0.1) is 11.6 Å². The first kappa shape index (κ1) is 15.3. The summed E-state index contributed by atoms with van der Waals surface area (Å²) in [5.41, 5.74) is 0.669. The first-order valence-electron chi connectivity index (χ1n) is 7.31. The van der Waals surface area contributed by atoms with E-state index in [0.717, 1.165) is 12.5 Å². The summed E-state index contributed by atoms with van der Waals surface area (Å²) >= 11 is 0. The van der Waals surface area contributed by atoms with Crippen LogP contribution in [0.15, 0.2) is 30.3 Å². The second-order valence-electron chi connectivity index (χ2n) is 5.56. The standard InChI is InChI=1S/C16H15F2N3O2/c17-12-6-11(7-13(18)8-12)14-3-4-15(20-19-14)21-5-1-2-10(9-21)16(22)23/h3-4,6-8,10H,1-2,5,9H2,(H,22,23). The molecule has 0 radical (unpaired) electrons. The third-order valence-corrected chi connectivity index (χ3v) is 3.90. The highest BCUT2D eigenvalue weighted by atomic mass is 19.1. The van der Waals surface area contributed by atoms with Crippen LogP contribution < -0.4 is 4.90 Å². The fourth-order valence-electron chi connectivity index (χ4n) is 2.74. The summed E-state index contributed by atoms with van der Waals surface area (Å²) in [5, 5.41) is 17.2. The van der Waals surface area contributed by atoms with Crippen molar-refractivity contribution < 1.29 is 18.7 Å². The van der Waals surface area contributed by atoms with E-state index >= 15 is 0 Å². The minimum absolute atomic E-state index is 0.309. The predicted molar refractivity (Wildman–Crippen MR) is 80.0 cm³/mol. The number of benzene rings is 1. The van der Waals surface area contributed by atoms with Crippen LogP contribution in [0.25, 0.3) is 11.3 Å². The van der Waals surface area contributed by atoms with E-state index in [1.54, 1.807) is 12.1 Å². The summed E-state index contributed by atoms with van der Waals surface area (Å²) in [5.74, 6) is -2.01. The van der Waals surface area contributed by atoms with E-state index in [0.29, 0.717) is 36.6 Å². The Morgan fingerprint density at radius 3 is 2.52 bits per heavy atom. The Balaban J connectivity index is 1.80. The van der Waals surface area contributed by atoms with Gasteiger partial charge in [-0.3, -0.25) is 4.79 Å². The van der Waals surface area contributed by atoms with Crippen molar-refractivity contribution in [3.05, 3.63) is 42.0 Å². The number of aromatic nitrogens is 2. The number of hydrogen-bond acceptors (Lipinski definition) is 4. The van der Waals surface area contributed by atoms with Gasteiger partial charge in [-0.1, -0.05) is 0 Å². The lowest BCUT2D eigenvalue weighted by Gasteiger charge is -2.31. The van der Waals surface area contributed by atoms with Gasteiger partial charge in [0.15, 0.2) is 5.82 Å². The van der Waals surface area contributed by atoms with Gasteiger partial charge in [-0.25, -0.2) is 8.78 Å². The molecule has 1 aliphatic rings. The van der Waals surface area contributed by atoms with Crippen LogP contribution in [0.3, 0.4) is 0 Å². The number of nitrogens with zero attached hydrogens (tertiary/aromatic N) is 3. The third-order valence-electron chi connectivity index (χ3n) is 3.90. The number of hydrogen-bond donors (Lipinski definition) is 1. The van der Waals surface area contributed by atoms with Crippen molar-refractivity contribution in [3.8, 4) is 11.3 Å². The van der Waals surface area contributed by atoms with Crippen LogP contribution in [0.1, 0.15) is 12.8 Å². The number of halogens is 2. The van der Waals surface area contributed by atoms with Gasteiger partial charge in [-0.2, -0.15) is 0 Å². The predicted octanol–water partition coefficient (Wildman–Crippen LogP) is 2.72. The highest BCUT2D eigenvalue weighted by Crippen LogP contribution is 2.24. The van der Waals surface area contributed by atoms with Crippen molar-refractivity contribution in [2.24, 2.45) is 5.92 Å². The maximum Gasteiger partial charge on any atom is 0.308 e. The molecule has 5 nitrogen and oxygen atoms in total. The summed E-state index contributed by atoms with van der Waals surface area (Å²) < 4.78 is 26.5. The Morgan fingerprint density at radius 2 is 1.91 bits per heavy atom. The van der Waals surface area contributed by atoms with E-state index in [-0.39, 0.29) is 0 Å². The zero-order valence-corrected chi connectivity index (χ0v) is 12.2. The molecule has 1 atom stereocenters. The largest absolute Gasteiger partial charge is 0.481 e. The molecule has 7 heteroatoms. The fraction of sp³-hybridized carbons (Fsp3) is 0.312. The molecule has 1 aliphatic heterocycles. The van der Waals surface area contributed by atoms with Gasteiger partial charge in [0, 0.05) is 24.7 Å². The van der Waals surface area contributed by atoms with Crippen LogP contribution in [0.4, 0.5) is 14.6 Å². The molecule has 1 saturated heterocycles. The van der Waals surface area contributed by atoms with Crippen LogP contribution in [-0.2, 0) is 4.79 Å². The van der Waals surface area contributed by atoms with Crippen LogP contribution in [0, 0.1) is 17.6 Å². The van der Waals surface area contributed by atoms with E-state index in [2.05, 4.69) is 10.2 Å². The normalized spacial score (nSPS) is 18.0. The van der Waals surface area contributed by atoms with Gasteiger partial charge in [0.2, 0.25) is 0 Å². The van der Waals surface area contributed by atoms with E-state index in [9.17, 15) is 13.6 Å². The monoisotopic (exact) mass is 319 g/mol. The lowest BCUT2D eigenvalue weighted by Crippen LogP contribution is -2.39. The summed E-state index contributed by atoms with van der Waals surface area (Å²) in [6.07, 6.45) is 1.43. The Morgan fingerprint density at radius 1 is 1.17 bits per heavy atom. The number of aliphatic carboxylic acids is 1.